The van der Waals surface area contributed by atoms with E-state index in [-0.39, 0.29) is 5.60 Å². The Morgan fingerprint density at radius 2 is 1.72 bits per heavy atom. The lowest BCUT2D eigenvalue weighted by molar-refractivity contribution is -0.0735. The lowest BCUT2D eigenvalue weighted by atomic mass is 9.74. The lowest BCUT2D eigenvalue weighted by Crippen LogP contribution is -2.56. The van der Waals surface area contributed by atoms with Gasteiger partial charge in [-0.05, 0) is 25.2 Å². The quantitative estimate of drug-likeness (QED) is 0.585. The summed E-state index contributed by atoms with van der Waals surface area (Å²) in [6, 6.07) is 0.339. The van der Waals surface area contributed by atoms with E-state index in [2.05, 4.69) is 5.43 Å². The fraction of sp³-hybridized carbons (Fsp3) is 1.00. The van der Waals surface area contributed by atoms with Crippen LogP contribution in [-0.4, -0.2) is 18.8 Å². The average Bonchev–Trinajstić information content (AvgIpc) is 2.46. The molecule has 1 atom stereocenters. The van der Waals surface area contributed by atoms with E-state index >= 15 is 0 Å². The SMILES string of the molecule is COC1(C(CC2CCCCC2)NN)CCCCC1. The second kappa shape index (κ2) is 6.88. The van der Waals surface area contributed by atoms with E-state index in [1.54, 1.807) is 0 Å². The summed E-state index contributed by atoms with van der Waals surface area (Å²) in [6.07, 6.45) is 14.5. The summed E-state index contributed by atoms with van der Waals surface area (Å²) in [6.45, 7) is 0. The van der Waals surface area contributed by atoms with E-state index in [1.807, 2.05) is 7.11 Å². The molecule has 0 radical (unpaired) electrons. The zero-order valence-corrected chi connectivity index (χ0v) is 11.9. The van der Waals surface area contributed by atoms with Crippen LogP contribution in [0.15, 0.2) is 0 Å². The topological polar surface area (TPSA) is 47.3 Å². The first-order valence-corrected chi connectivity index (χ1v) is 7.82. The van der Waals surface area contributed by atoms with Crippen molar-refractivity contribution in [2.24, 2.45) is 11.8 Å². The van der Waals surface area contributed by atoms with Crippen LogP contribution < -0.4 is 11.3 Å². The molecule has 3 N–H and O–H groups in total. The molecule has 1 unspecified atom stereocenters. The van der Waals surface area contributed by atoms with Crippen molar-refractivity contribution in [3.8, 4) is 0 Å². The molecule has 2 aliphatic rings. The minimum Gasteiger partial charge on any atom is -0.377 e. The predicted molar refractivity (Wildman–Crippen MR) is 75.1 cm³/mol. The Labute approximate surface area is 112 Å². The summed E-state index contributed by atoms with van der Waals surface area (Å²) in [4.78, 5) is 0. The first-order chi connectivity index (χ1) is 8.80. The zero-order valence-electron chi connectivity index (χ0n) is 11.9. The van der Waals surface area contributed by atoms with Gasteiger partial charge in [-0.2, -0.15) is 0 Å². The van der Waals surface area contributed by atoms with Gasteiger partial charge in [0.05, 0.1) is 11.6 Å². The molecule has 2 aliphatic carbocycles. The average molecular weight is 254 g/mol. The van der Waals surface area contributed by atoms with Crippen LogP contribution in [0.25, 0.3) is 0 Å². The zero-order chi connectivity index (χ0) is 12.8. The number of rotatable bonds is 5. The number of hydrogen-bond donors (Lipinski definition) is 2. The highest BCUT2D eigenvalue weighted by Gasteiger charge is 2.40. The number of hydrogen-bond acceptors (Lipinski definition) is 3. The van der Waals surface area contributed by atoms with Gasteiger partial charge in [0.25, 0.3) is 0 Å². The smallest absolute Gasteiger partial charge is 0.0844 e. The number of nitrogens with two attached hydrogens (primary N) is 1. The second-order valence-electron chi connectivity index (χ2n) is 6.29. The van der Waals surface area contributed by atoms with Crippen LogP contribution in [0.4, 0.5) is 0 Å². The predicted octanol–water partition coefficient (Wildman–Crippen LogP) is 3.14. The monoisotopic (exact) mass is 254 g/mol. The molecular weight excluding hydrogens is 224 g/mol. The van der Waals surface area contributed by atoms with E-state index in [0.29, 0.717) is 6.04 Å². The van der Waals surface area contributed by atoms with Crippen molar-refractivity contribution in [2.45, 2.75) is 82.3 Å². The third-order valence-electron chi connectivity index (χ3n) is 5.24. The Balaban J connectivity index is 1.96. The molecule has 0 spiro atoms. The molecule has 3 nitrogen and oxygen atoms in total. The van der Waals surface area contributed by atoms with Gasteiger partial charge in [0.2, 0.25) is 0 Å². The molecule has 2 rings (SSSR count). The minimum absolute atomic E-state index is 0.00441. The van der Waals surface area contributed by atoms with Crippen LogP contribution in [-0.2, 0) is 4.74 Å². The van der Waals surface area contributed by atoms with Gasteiger partial charge in [-0.15, -0.1) is 0 Å². The Kier molecular flexibility index (Phi) is 5.46. The van der Waals surface area contributed by atoms with E-state index in [1.165, 1.54) is 70.6 Å². The van der Waals surface area contributed by atoms with Crippen LogP contribution in [0.2, 0.25) is 0 Å². The van der Waals surface area contributed by atoms with Crippen molar-refractivity contribution in [1.82, 2.24) is 5.43 Å². The summed E-state index contributed by atoms with van der Waals surface area (Å²) in [5.41, 5.74) is 3.09. The van der Waals surface area contributed by atoms with Gasteiger partial charge < -0.3 is 4.74 Å². The standard InChI is InChI=1S/C15H30N2O/c1-18-15(10-6-3-7-11-15)14(17-16)12-13-8-4-2-5-9-13/h13-14,17H,2-12,16H2,1H3. The summed E-state index contributed by atoms with van der Waals surface area (Å²) < 4.78 is 5.93. The molecular formula is C15H30N2O. The van der Waals surface area contributed by atoms with Crippen molar-refractivity contribution in [3.63, 3.8) is 0 Å². The molecule has 0 aromatic carbocycles. The molecule has 0 amide bonds. The van der Waals surface area contributed by atoms with Crippen LogP contribution in [0.1, 0.15) is 70.6 Å². The molecule has 3 heteroatoms. The van der Waals surface area contributed by atoms with Crippen molar-refractivity contribution in [1.29, 1.82) is 0 Å². The Morgan fingerprint density at radius 1 is 1.11 bits per heavy atom. The maximum absolute atomic E-state index is 5.93. The normalized spacial score (nSPS) is 27.0. The third kappa shape index (κ3) is 3.25. The molecule has 0 heterocycles. The molecule has 0 aromatic heterocycles. The summed E-state index contributed by atoms with van der Waals surface area (Å²) >= 11 is 0. The van der Waals surface area contributed by atoms with Crippen LogP contribution >= 0.6 is 0 Å². The first kappa shape index (κ1) is 14.3. The van der Waals surface area contributed by atoms with Crippen molar-refractivity contribution in [2.75, 3.05) is 7.11 Å². The van der Waals surface area contributed by atoms with Crippen molar-refractivity contribution >= 4 is 0 Å². The molecule has 2 fully saturated rings. The second-order valence-corrected chi connectivity index (χ2v) is 6.29. The van der Waals surface area contributed by atoms with Crippen molar-refractivity contribution < 1.29 is 4.74 Å². The highest BCUT2D eigenvalue weighted by Crippen LogP contribution is 2.38. The molecule has 0 bridgehead atoms. The number of hydrazine groups is 1. The highest BCUT2D eigenvalue weighted by molar-refractivity contribution is 4.95. The number of nitrogens with one attached hydrogen (secondary N) is 1. The van der Waals surface area contributed by atoms with E-state index in [0.717, 1.165) is 5.92 Å². The minimum atomic E-state index is 0.00441. The molecule has 18 heavy (non-hydrogen) atoms. The first-order valence-electron chi connectivity index (χ1n) is 7.82. The van der Waals surface area contributed by atoms with Gasteiger partial charge in [0, 0.05) is 7.11 Å². The van der Waals surface area contributed by atoms with Crippen LogP contribution in [0, 0.1) is 5.92 Å². The van der Waals surface area contributed by atoms with Gasteiger partial charge in [-0.25, -0.2) is 0 Å². The van der Waals surface area contributed by atoms with Gasteiger partial charge in [0.15, 0.2) is 0 Å². The Hall–Kier alpha value is -0.120. The summed E-state index contributed by atoms with van der Waals surface area (Å²) in [5.74, 6) is 6.71. The molecule has 0 aliphatic heterocycles. The van der Waals surface area contributed by atoms with Gasteiger partial charge in [-0.3, -0.25) is 11.3 Å². The van der Waals surface area contributed by atoms with E-state index in [9.17, 15) is 0 Å². The van der Waals surface area contributed by atoms with Crippen molar-refractivity contribution in [3.05, 3.63) is 0 Å². The fourth-order valence-corrected chi connectivity index (χ4v) is 4.04. The lowest BCUT2D eigenvalue weighted by Gasteiger charge is -2.43. The van der Waals surface area contributed by atoms with Gasteiger partial charge >= 0.3 is 0 Å². The Morgan fingerprint density at radius 3 is 2.28 bits per heavy atom. The van der Waals surface area contributed by atoms with Crippen LogP contribution in [0.5, 0.6) is 0 Å². The van der Waals surface area contributed by atoms with Gasteiger partial charge in [-0.1, -0.05) is 51.4 Å². The maximum atomic E-state index is 5.93. The summed E-state index contributed by atoms with van der Waals surface area (Å²) in [5, 5.41) is 0. The maximum Gasteiger partial charge on any atom is 0.0844 e. The number of methoxy groups -OCH3 is 1. The fourth-order valence-electron chi connectivity index (χ4n) is 4.04. The molecule has 0 aromatic rings. The van der Waals surface area contributed by atoms with E-state index < -0.39 is 0 Å². The molecule has 2 saturated carbocycles. The van der Waals surface area contributed by atoms with E-state index in [4.69, 9.17) is 10.6 Å². The number of ether oxygens (including phenoxy) is 1. The molecule has 106 valence electrons. The third-order valence-corrected chi connectivity index (χ3v) is 5.24. The molecule has 0 saturated heterocycles. The Bertz CT molecular complexity index is 233. The van der Waals surface area contributed by atoms with Crippen LogP contribution in [0.3, 0.4) is 0 Å². The highest BCUT2D eigenvalue weighted by atomic mass is 16.5. The van der Waals surface area contributed by atoms with Gasteiger partial charge in [0.1, 0.15) is 0 Å². The summed E-state index contributed by atoms with van der Waals surface area (Å²) in [7, 11) is 1.87. The largest absolute Gasteiger partial charge is 0.377 e.